The van der Waals surface area contributed by atoms with Gasteiger partial charge in [-0.15, -0.1) is 0 Å². The maximum atomic E-state index is 11.7. The summed E-state index contributed by atoms with van der Waals surface area (Å²) < 4.78 is 0. The standard InChI is InChI=1S/C14H31N3O/c1-10(2)16-14(18)13(7)15-8-9-17(11(3)4)12(5)6/h10-13,15H,8-9H2,1-7H3,(H,16,18). The van der Waals surface area contributed by atoms with Crippen molar-refractivity contribution in [1.82, 2.24) is 15.5 Å². The van der Waals surface area contributed by atoms with Crippen LogP contribution >= 0.6 is 0 Å². The summed E-state index contributed by atoms with van der Waals surface area (Å²) in [6.07, 6.45) is 0. The van der Waals surface area contributed by atoms with Gasteiger partial charge in [-0.1, -0.05) is 0 Å². The van der Waals surface area contributed by atoms with Crippen molar-refractivity contribution in [3.05, 3.63) is 0 Å². The Labute approximate surface area is 113 Å². The molecule has 1 unspecified atom stereocenters. The van der Waals surface area contributed by atoms with E-state index < -0.39 is 0 Å². The number of carbonyl (C=O) groups excluding carboxylic acids is 1. The van der Waals surface area contributed by atoms with Gasteiger partial charge in [0.1, 0.15) is 0 Å². The van der Waals surface area contributed by atoms with Gasteiger partial charge in [-0.05, 0) is 48.5 Å². The molecule has 0 saturated carbocycles. The number of hydrogen-bond donors (Lipinski definition) is 2. The fourth-order valence-corrected chi connectivity index (χ4v) is 2.03. The first-order valence-electron chi connectivity index (χ1n) is 7.05. The van der Waals surface area contributed by atoms with Crippen molar-refractivity contribution in [3.63, 3.8) is 0 Å². The molecule has 0 heterocycles. The normalized spacial score (nSPS) is 13.7. The molecule has 0 saturated heterocycles. The van der Waals surface area contributed by atoms with E-state index in [0.29, 0.717) is 12.1 Å². The van der Waals surface area contributed by atoms with Gasteiger partial charge in [0.15, 0.2) is 0 Å². The Kier molecular flexibility index (Phi) is 8.20. The minimum absolute atomic E-state index is 0.0747. The van der Waals surface area contributed by atoms with Crippen LogP contribution in [0.2, 0.25) is 0 Å². The van der Waals surface area contributed by atoms with E-state index in [4.69, 9.17) is 0 Å². The molecular formula is C14H31N3O. The van der Waals surface area contributed by atoms with Crippen LogP contribution < -0.4 is 10.6 Å². The van der Waals surface area contributed by atoms with Gasteiger partial charge in [0.25, 0.3) is 0 Å². The highest BCUT2D eigenvalue weighted by Gasteiger charge is 2.15. The molecule has 4 nitrogen and oxygen atoms in total. The Hall–Kier alpha value is -0.610. The van der Waals surface area contributed by atoms with Gasteiger partial charge >= 0.3 is 0 Å². The lowest BCUT2D eigenvalue weighted by atomic mass is 10.2. The van der Waals surface area contributed by atoms with E-state index in [1.54, 1.807) is 0 Å². The van der Waals surface area contributed by atoms with E-state index >= 15 is 0 Å². The second kappa shape index (κ2) is 8.48. The van der Waals surface area contributed by atoms with E-state index in [9.17, 15) is 4.79 Å². The molecule has 0 aromatic heterocycles. The van der Waals surface area contributed by atoms with Gasteiger partial charge in [-0.25, -0.2) is 0 Å². The summed E-state index contributed by atoms with van der Waals surface area (Å²) >= 11 is 0. The van der Waals surface area contributed by atoms with Crippen molar-refractivity contribution in [2.24, 2.45) is 0 Å². The van der Waals surface area contributed by atoms with Crippen LogP contribution in [0, 0.1) is 0 Å². The zero-order chi connectivity index (χ0) is 14.3. The van der Waals surface area contributed by atoms with Crippen LogP contribution in [0.3, 0.4) is 0 Å². The quantitative estimate of drug-likeness (QED) is 0.694. The molecule has 0 spiro atoms. The molecule has 0 aliphatic carbocycles. The number of rotatable bonds is 8. The zero-order valence-corrected chi connectivity index (χ0v) is 13.1. The Morgan fingerprint density at radius 3 is 1.89 bits per heavy atom. The molecule has 1 amide bonds. The molecular weight excluding hydrogens is 226 g/mol. The Morgan fingerprint density at radius 1 is 1.00 bits per heavy atom. The largest absolute Gasteiger partial charge is 0.353 e. The molecule has 108 valence electrons. The average Bonchev–Trinajstić information content (AvgIpc) is 2.21. The van der Waals surface area contributed by atoms with Gasteiger partial charge < -0.3 is 10.6 Å². The van der Waals surface area contributed by atoms with Crippen LogP contribution in [0.25, 0.3) is 0 Å². The summed E-state index contributed by atoms with van der Waals surface area (Å²) in [5.41, 5.74) is 0. The summed E-state index contributed by atoms with van der Waals surface area (Å²) in [6.45, 7) is 16.5. The third kappa shape index (κ3) is 6.97. The van der Waals surface area contributed by atoms with Gasteiger partial charge in [0, 0.05) is 31.2 Å². The molecule has 0 fully saturated rings. The van der Waals surface area contributed by atoms with E-state index in [-0.39, 0.29) is 18.0 Å². The van der Waals surface area contributed by atoms with Crippen molar-refractivity contribution >= 4 is 5.91 Å². The molecule has 1 atom stereocenters. The number of hydrogen-bond acceptors (Lipinski definition) is 3. The lowest BCUT2D eigenvalue weighted by molar-refractivity contribution is -0.123. The Balaban J connectivity index is 3.98. The van der Waals surface area contributed by atoms with E-state index in [1.807, 2.05) is 20.8 Å². The van der Waals surface area contributed by atoms with Crippen LogP contribution in [-0.4, -0.2) is 48.1 Å². The molecule has 0 aliphatic rings. The lowest BCUT2D eigenvalue weighted by Gasteiger charge is -2.31. The fourth-order valence-electron chi connectivity index (χ4n) is 2.03. The van der Waals surface area contributed by atoms with Crippen LogP contribution in [-0.2, 0) is 4.79 Å². The predicted octanol–water partition coefficient (Wildman–Crippen LogP) is 1.61. The molecule has 0 bridgehead atoms. The SMILES string of the molecule is CC(C)NC(=O)C(C)NCCN(C(C)C)C(C)C. The predicted molar refractivity (Wildman–Crippen MR) is 77.7 cm³/mol. The van der Waals surface area contributed by atoms with Crippen LogP contribution in [0.1, 0.15) is 48.5 Å². The molecule has 0 aromatic rings. The van der Waals surface area contributed by atoms with Gasteiger partial charge in [-0.2, -0.15) is 0 Å². The number of nitrogens with zero attached hydrogens (tertiary/aromatic N) is 1. The van der Waals surface area contributed by atoms with Crippen LogP contribution in [0.5, 0.6) is 0 Å². The number of nitrogens with one attached hydrogen (secondary N) is 2. The first kappa shape index (κ1) is 17.4. The summed E-state index contributed by atoms with van der Waals surface area (Å²) in [7, 11) is 0. The summed E-state index contributed by atoms with van der Waals surface area (Å²) in [6, 6.07) is 1.14. The summed E-state index contributed by atoms with van der Waals surface area (Å²) in [5, 5.41) is 6.19. The van der Waals surface area contributed by atoms with Crippen LogP contribution in [0.15, 0.2) is 0 Å². The summed E-state index contributed by atoms with van der Waals surface area (Å²) in [4.78, 5) is 14.1. The maximum Gasteiger partial charge on any atom is 0.237 e. The smallest absolute Gasteiger partial charge is 0.237 e. The Bertz CT molecular complexity index is 231. The monoisotopic (exact) mass is 257 g/mol. The first-order valence-corrected chi connectivity index (χ1v) is 7.05. The van der Waals surface area contributed by atoms with Crippen molar-refractivity contribution in [1.29, 1.82) is 0 Å². The molecule has 2 N–H and O–H groups in total. The molecule has 0 aromatic carbocycles. The topological polar surface area (TPSA) is 44.4 Å². The van der Waals surface area contributed by atoms with Crippen molar-refractivity contribution < 1.29 is 4.79 Å². The lowest BCUT2D eigenvalue weighted by Crippen LogP contribution is -2.48. The second-order valence-corrected chi connectivity index (χ2v) is 5.76. The molecule has 0 aliphatic heterocycles. The highest BCUT2D eigenvalue weighted by Crippen LogP contribution is 2.03. The molecule has 0 radical (unpaired) electrons. The molecule has 4 heteroatoms. The fraction of sp³-hybridized carbons (Fsp3) is 0.929. The van der Waals surface area contributed by atoms with E-state index in [0.717, 1.165) is 13.1 Å². The van der Waals surface area contributed by atoms with Gasteiger partial charge in [0.05, 0.1) is 6.04 Å². The maximum absolute atomic E-state index is 11.7. The average molecular weight is 257 g/mol. The van der Waals surface area contributed by atoms with Gasteiger partial charge in [0.2, 0.25) is 5.91 Å². The van der Waals surface area contributed by atoms with Crippen LogP contribution in [0.4, 0.5) is 0 Å². The minimum atomic E-state index is -0.131. The molecule has 18 heavy (non-hydrogen) atoms. The number of carbonyl (C=O) groups is 1. The highest BCUT2D eigenvalue weighted by molar-refractivity contribution is 5.81. The van der Waals surface area contributed by atoms with Crippen molar-refractivity contribution in [3.8, 4) is 0 Å². The molecule has 0 rings (SSSR count). The summed E-state index contributed by atoms with van der Waals surface area (Å²) in [5.74, 6) is 0.0747. The van der Waals surface area contributed by atoms with Gasteiger partial charge in [-0.3, -0.25) is 9.69 Å². The highest BCUT2D eigenvalue weighted by atomic mass is 16.2. The minimum Gasteiger partial charge on any atom is -0.353 e. The van der Waals surface area contributed by atoms with E-state index in [1.165, 1.54) is 0 Å². The third-order valence-electron chi connectivity index (χ3n) is 2.97. The van der Waals surface area contributed by atoms with Crippen molar-refractivity contribution in [2.45, 2.75) is 72.6 Å². The van der Waals surface area contributed by atoms with E-state index in [2.05, 4.69) is 43.2 Å². The first-order chi connectivity index (χ1) is 8.25. The number of amides is 1. The second-order valence-electron chi connectivity index (χ2n) is 5.76. The Morgan fingerprint density at radius 2 is 1.50 bits per heavy atom. The zero-order valence-electron chi connectivity index (χ0n) is 13.1. The third-order valence-corrected chi connectivity index (χ3v) is 2.97. The van der Waals surface area contributed by atoms with Crippen molar-refractivity contribution in [2.75, 3.05) is 13.1 Å².